The zero-order valence-corrected chi connectivity index (χ0v) is 14.7. The van der Waals surface area contributed by atoms with Crippen LogP contribution >= 0.6 is 0 Å². The summed E-state index contributed by atoms with van der Waals surface area (Å²) in [5.41, 5.74) is 1.09. The molecule has 1 aromatic rings. The topological polar surface area (TPSA) is 66.5 Å². The van der Waals surface area contributed by atoms with E-state index in [0.717, 1.165) is 43.7 Å². The van der Waals surface area contributed by atoms with Gasteiger partial charge >= 0.3 is 6.03 Å². The van der Waals surface area contributed by atoms with Crippen LogP contribution in [0.4, 0.5) is 10.6 Å². The summed E-state index contributed by atoms with van der Waals surface area (Å²) < 4.78 is 5.79. The first-order valence-electron chi connectivity index (χ1n) is 9.67. The highest BCUT2D eigenvalue weighted by atomic mass is 16.5. The molecule has 2 bridgehead atoms. The zero-order valence-electron chi connectivity index (χ0n) is 14.7. The van der Waals surface area contributed by atoms with Gasteiger partial charge < -0.3 is 20.3 Å². The molecule has 3 fully saturated rings. The highest BCUT2D eigenvalue weighted by Gasteiger charge is 2.41. The Morgan fingerprint density at radius 3 is 2.80 bits per heavy atom. The number of hydrogen-bond donors (Lipinski definition) is 2. The number of carbonyl (C=O) groups is 1. The number of urea groups is 1. The van der Waals surface area contributed by atoms with Gasteiger partial charge in [-0.15, -0.1) is 0 Å². The lowest BCUT2D eigenvalue weighted by molar-refractivity contribution is 0.0981. The van der Waals surface area contributed by atoms with Crippen molar-refractivity contribution >= 4 is 11.8 Å². The quantitative estimate of drug-likeness (QED) is 0.881. The third-order valence-corrected chi connectivity index (χ3v) is 5.62. The average molecular weight is 344 g/mol. The molecule has 0 radical (unpaired) electrons. The Morgan fingerprint density at radius 1 is 1.24 bits per heavy atom. The summed E-state index contributed by atoms with van der Waals surface area (Å²) in [7, 11) is 0. The van der Waals surface area contributed by atoms with E-state index in [2.05, 4.69) is 26.6 Å². The Kier molecular flexibility index (Phi) is 5.06. The van der Waals surface area contributed by atoms with Gasteiger partial charge in [-0.2, -0.15) is 0 Å². The number of ether oxygens (including phenoxy) is 1. The number of carbonyl (C=O) groups excluding carboxylic acids is 1. The van der Waals surface area contributed by atoms with Crippen LogP contribution in [0.15, 0.2) is 18.3 Å². The molecule has 0 saturated carbocycles. The highest BCUT2D eigenvalue weighted by molar-refractivity contribution is 5.74. The molecule has 136 valence electrons. The first kappa shape index (κ1) is 16.6. The van der Waals surface area contributed by atoms with Crippen LogP contribution in [0.25, 0.3) is 0 Å². The second kappa shape index (κ2) is 7.60. The number of aromatic nitrogens is 1. The zero-order chi connectivity index (χ0) is 17.1. The van der Waals surface area contributed by atoms with Crippen LogP contribution in [0.5, 0.6) is 0 Å². The van der Waals surface area contributed by atoms with E-state index < -0.39 is 0 Å². The molecule has 6 nitrogen and oxygen atoms in total. The van der Waals surface area contributed by atoms with Crippen molar-refractivity contribution in [2.24, 2.45) is 0 Å². The van der Waals surface area contributed by atoms with Gasteiger partial charge in [0.2, 0.25) is 0 Å². The largest absolute Gasteiger partial charge is 0.373 e. The number of pyridine rings is 1. The smallest absolute Gasteiger partial charge is 0.315 e. The predicted octanol–water partition coefficient (Wildman–Crippen LogP) is 2.58. The Labute approximate surface area is 149 Å². The van der Waals surface area contributed by atoms with Gasteiger partial charge in [-0.05, 0) is 49.8 Å². The number of nitrogens with one attached hydrogen (secondary N) is 2. The SMILES string of the molecule is O=C(NCc1ccnc(N2CCCCCC2)c1)N[C@H]1C[C@H]2CC[C@H]1O2. The summed E-state index contributed by atoms with van der Waals surface area (Å²) in [5, 5.41) is 6.04. The third-order valence-electron chi connectivity index (χ3n) is 5.62. The standard InChI is InChI=1S/C19H28N4O2/c24-19(22-16-12-15-5-6-17(16)25-15)21-13-14-7-8-20-18(11-14)23-9-3-1-2-4-10-23/h7-8,11,15-17H,1-6,9-10,12-13H2,(H2,21,22,24)/t15-,16+,17-/m1/s1. The summed E-state index contributed by atoms with van der Waals surface area (Å²) >= 11 is 0. The van der Waals surface area contributed by atoms with Crippen molar-refractivity contribution in [3.63, 3.8) is 0 Å². The number of fused-ring (bicyclic) bond motifs is 2. The molecule has 4 rings (SSSR count). The molecule has 2 N–H and O–H groups in total. The summed E-state index contributed by atoms with van der Waals surface area (Å²) in [6.45, 7) is 2.68. The molecule has 3 aliphatic heterocycles. The minimum atomic E-state index is -0.103. The van der Waals surface area contributed by atoms with Gasteiger partial charge in [0.15, 0.2) is 0 Å². The molecule has 6 heteroatoms. The molecule has 0 aromatic carbocycles. The predicted molar refractivity (Wildman–Crippen MR) is 96.6 cm³/mol. The lowest BCUT2D eigenvalue weighted by atomic mass is 9.96. The van der Waals surface area contributed by atoms with Crippen LogP contribution in [0.1, 0.15) is 50.5 Å². The molecule has 0 unspecified atom stereocenters. The Balaban J connectivity index is 1.28. The maximum absolute atomic E-state index is 12.2. The second-order valence-corrected chi connectivity index (χ2v) is 7.47. The van der Waals surface area contributed by atoms with Crippen molar-refractivity contribution in [2.45, 2.75) is 69.7 Å². The van der Waals surface area contributed by atoms with Crippen LogP contribution in [0.2, 0.25) is 0 Å². The van der Waals surface area contributed by atoms with E-state index in [-0.39, 0.29) is 18.2 Å². The lowest BCUT2D eigenvalue weighted by Gasteiger charge is -2.22. The van der Waals surface area contributed by atoms with Gasteiger partial charge in [0.05, 0.1) is 18.2 Å². The van der Waals surface area contributed by atoms with E-state index in [1.807, 2.05) is 12.3 Å². The van der Waals surface area contributed by atoms with Crippen molar-refractivity contribution in [1.29, 1.82) is 0 Å². The second-order valence-electron chi connectivity index (χ2n) is 7.47. The van der Waals surface area contributed by atoms with Crippen LogP contribution in [-0.2, 0) is 11.3 Å². The first-order valence-corrected chi connectivity index (χ1v) is 9.67. The van der Waals surface area contributed by atoms with E-state index >= 15 is 0 Å². The van der Waals surface area contributed by atoms with Gasteiger partial charge in [0, 0.05) is 25.8 Å². The molecule has 25 heavy (non-hydrogen) atoms. The third kappa shape index (κ3) is 4.06. The fourth-order valence-corrected chi connectivity index (χ4v) is 4.23. The first-order chi connectivity index (χ1) is 12.3. The Morgan fingerprint density at radius 2 is 2.08 bits per heavy atom. The van der Waals surface area contributed by atoms with Crippen molar-refractivity contribution < 1.29 is 9.53 Å². The van der Waals surface area contributed by atoms with Gasteiger partial charge in [0.25, 0.3) is 0 Å². The van der Waals surface area contributed by atoms with Crippen LogP contribution in [-0.4, -0.2) is 42.4 Å². The van der Waals surface area contributed by atoms with Crippen LogP contribution in [0, 0.1) is 0 Å². The number of anilines is 1. The van der Waals surface area contributed by atoms with Crippen LogP contribution in [0.3, 0.4) is 0 Å². The molecule has 4 heterocycles. The van der Waals surface area contributed by atoms with Crippen molar-refractivity contribution in [3.05, 3.63) is 23.9 Å². The Bertz CT molecular complexity index is 601. The molecule has 3 saturated heterocycles. The minimum Gasteiger partial charge on any atom is -0.373 e. The highest BCUT2D eigenvalue weighted by Crippen LogP contribution is 2.34. The van der Waals surface area contributed by atoms with Crippen molar-refractivity contribution in [2.75, 3.05) is 18.0 Å². The molecule has 2 amide bonds. The monoisotopic (exact) mass is 344 g/mol. The fraction of sp³-hybridized carbons (Fsp3) is 0.684. The van der Waals surface area contributed by atoms with Crippen molar-refractivity contribution in [3.8, 4) is 0 Å². The van der Waals surface area contributed by atoms with E-state index in [1.165, 1.54) is 25.7 Å². The van der Waals surface area contributed by atoms with E-state index in [0.29, 0.717) is 12.6 Å². The molecular formula is C19H28N4O2. The van der Waals surface area contributed by atoms with E-state index in [1.54, 1.807) is 0 Å². The van der Waals surface area contributed by atoms with Crippen LogP contribution < -0.4 is 15.5 Å². The van der Waals surface area contributed by atoms with Crippen molar-refractivity contribution in [1.82, 2.24) is 15.6 Å². The van der Waals surface area contributed by atoms with Gasteiger partial charge in [-0.25, -0.2) is 9.78 Å². The Hall–Kier alpha value is -1.82. The molecular weight excluding hydrogens is 316 g/mol. The summed E-state index contributed by atoms with van der Waals surface area (Å²) in [6, 6.07) is 4.15. The van der Waals surface area contributed by atoms with E-state index in [4.69, 9.17) is 4.74 Å². The molecule has 1 aromatic heterocycles. The molecule has 0 spiro atoms. The summed E-state index contributed by atoms with van der Waals surface area (Å²) in [6.07, 6.45) is 10.7. The normalized spacial score (nSPS) is 28.6. The maximum Gasteiger partial charge on any atom is 0.315 e. The fourth-order valence-electron chi connectivity index (χ4n) is 4.23. The minimum absolute atomic E-state index is 0.103. The number of hydrogen-bond acceptors (Lipinski definition) is 4. The molecule has 0 aliphatic carbocycles. The van der Waals surface area contributed by atoms with E-state index in [9.17, 15) is 4.79 Å². The summed E-state index contributed by atoms with van der Waals surface area (Å²) in [5.74, 6) is 1.03. The maximum atomic E-state index is 12.2. The molecule has 3 atom stereocenters. The average Bonchev–Trinajstić information content (AvgIpc) is 3.13. The van der Waals surface area contributed by atoms with Gasteiger partial charge in [-0.1, -0.05) is 12.8 Å². The number of rotatable bonds is 4. The van der Waals surface area contributed by atoms with Gasteiger partial charge in [-0.3, -0.25) is 0 Å². The molecule has 3 aliphatic rings. The summed E-state index contributed by atoms with van der Waals surface area (Å²) in [4.78, 5) is 19.1. The number of amides is 2. The van der Waals surface area contributed by atoms with Gasteiger partial charge in [0.1, 0.15) is 5.82 Å². The number of nitrogens with zero attached hydrogens (tertiary/aromatic N) is 2. The lowest BCUT2D eigenvalue weighted by Crippen LogP contribution is -2.46.